The van der Waals surface area contributed by atoms with Gasteiger partial charge in [-0.3, -0.25) is 4.90 Å². The summed E-state index contributed by atoms with van der Waals surface area (Å²) in [6.45, 7) is 10.7. The standard InChI is InChI=1S/C17H34N2/c1-4-18-17(15-7-5-6-8-15)13-19(16-9-10-16)12-11-14(2)3/h14-18H,4-13H2,1-3H3. The molecule has 2 aliphatic carbocycles. The van der Waals surface area contributed by atoms with E-state index in [2.05, 4.69) is 31.0 Å². The Morgan fingerprint density at radius 1 is 1.11 bits per heavy atom. The van der Waals surface area contributed by atoms with Crippen LogP contribution in [0.15, 0.2) is 0 Å². The van der Waals surface area contributed by atoms with Gasteiger partial charge in [0.05, 0.1) is 0 Å². The Bertz CT molecular complexity index is 242. The number of nitrogens with one attached hydrogen (secondary N) is 1. The van der Waals surface area contributed by atoms with Crippen molar-refractivity contribution in [1.82, 2.24) is 10.2 Å². The third-order valence-corrected chi connectivity index (χ3v) is 4.92. The number of hydrogen-bond acceptors (Lipinski definition) is 2. The van der Waals surface area contributed by atoms with Gasteiger partial charge < -0.3 is 5.32 Å². The van der Waals surface area contributed by atoms with E-state index in [9.17, 15) is 0 Å². The molecule has 0 aliphatic heterocycles. The van der Waals surface area contributed by atoms with Gasteiger partial charge in [0.15, 0.2) is 0 Å². The summed E-state index contributed by atoms with van der Waals surface area (Å²) in [5.41, 5.74) is 0. The smallest absolute Gasteiger partial charge is 0.0223 e. The third-order valence-electron chi connectivity index (χ3n) is 4.92. The van der Waals surface area contributed by atoms with Crippen molar-refractivity contribution in [2.45, 2.75) is 77.8 Å². The molecule has 0 heterocycles. The predicted molar refractivity (Wildman–Crippen MR) is 83.5 cm³/mol. The fraction of sp³-hybridized carbons (Fsp3) is 1.00. The number of rotatable bonds is 9. The highest BCUT2D eigenvalue weighted by atomic mass is 15.2. The normalized spacial score (nSPS) is 22.6. The summed E-state index contributed by atoms with van der Waals surface area (Å²) in [5, 5.41) is 3.78. The molecule has 2 rings (SSSR count). The second kappa shape index (κ2) is 7.64. The Labute approximate surface area is 120 Å². The minimum Gasteiger partial charge on any atom is -0.313 e. The summed E-state index contributed by atoms with van der Waals surface area (Å²) in [6.07, 6.45) is 10.1. The maximum absolute atomic E-state index is 3.78. The van der Waals surface area contributed by atoms with Crippen molar-refractivity contribution in [2.75, 3.05) is 19.6 Å². The highest BCUT2D eigenvalue weighted by molar-refractivity contribution is 4.90. The Morgan fingerprint density at radius 3 is 2.32 bits per heavy atom. The first-order valence-electron chi connectivity index (χ1n) is 8.68. The topological polar surface area (TPSA) is 15.3 Å². The number of hydrogen-bond donors (Lipinski definition) is 1. The maximum Gasteiger partial charge on any atom is 0.0223 e. The average Bonchev–Trinajstić information content (AvgIpc) is 3.07. The van der Waals surface area contributed by atoms with Crippen LogP contribution in [0.25, 0.3) is 0 Å². The molecule has 2 saturated carbocycles. The van der Waals surface area contributed by atoms with Crippen LogP contribution in [0.5, 0.6) is 0 Å². The van der Waals surface area contributed by atoms with Gasteiger partial charge in [-0.2, -0.15) is 0 Å². The van der Waals surface area contributed by atoms with Crippen LogP contribution in [0.2, 0.25) is 0 Å². The molecule has 0 aromatic rings. The Kier molecular flexibility index (Phi) is 6.15. The molecule has 1 atom stereocenters. The molecule has 0 spiro atoms. The minimum atomic E-state index is 0.750. The van der Waals surface area contributed by atoms with Crippen LogP contribution in [0.3, 0.4) is 0 Å². The van der Waals surface area contributed by atoms with Crippen molar-refractivity contribution in [1.29, 1.82) is 0 Å². The largest absolute Gasteiger partial charge is 0.313 e. The first kappa shape index (κ1) is 15.3. The molecule has 0 aromatic carbocycles. The van der Waals surface area contributed by atoms with E-state index in [0.717, 1.165) is 30.5 Å². The second-order valence-electron chi connectivity index (χ2n) is 7.12. The third kappa shape index (κ3) is 5.07. The molecule has 0 radical (unpaired) electrons. The van der Waals surface area contributed by atoms with Crippen molar-refractivity contribution < 1.29 is 0 Å². The lowest BCUT2D eigenvalue weighted by atomic mass is 9.97. The van der Waals surface area contributed by atoms with Crippen LogP contribution in [0.4, 0.5) is 0 Å². The van der Waals surface area contributed by atoms with Crippen LogP contribution >= 0.6 is 0 Å². The molecule has 2 heteroatoms. The van der Waals surface area contributed by atoms with Gasteiger partial charge >= 0.3 is 0 Å². The SMILES string of the molecule is CCNC(CN(CCC(C)C)C1CC1)C1CCCC1. The van der Waals surface area contributed by atoms with Gasteiger partial charge in [-0.1, -0.05) is 33.6 Å². The van der Waals surface area contributed by atoms with E-state index < -0.39 is 0 Å². The van der Waals surface area contributed by atoms with Crippen LogP contribution < -0.4 is 5.32 Å². The molecule has 1 N–H and O–H groups in total. The molecular weight excluding hydrogens is 232 g/mol. The van der Waals surface area contributed by atoms with E-state index >= 15 is 0 Å². The van der Waals surface area contributed by atoms with E-state index in [4.69, 9.17) is 0 Å². The first-order valence-corrected chi connectivity index (χ1v) is 8.68. The Morgan fingerprint density at radius 2 is 1.79 bits per heavy atom. The zero-order valence-electron chi connectivity index (χ0n) is 13.3. The average molecular weight is 266 g/mol. The van der Waals surface area contributed by atoms with Gasteiger partial charge in [0, 0.05) is 18.6 Å². The van der Waals surface area contributed by atoms with E-state index in [0.29, 0.717) is 0 Å². The summed E-state index contributed by atoms with van der Waals surface area (Å²) < 4.78 is 0. The van der Waals surface area contributed by atoms with Gasteiger partial charge in [-0.05, 0) is 57.0 Å². The fourth-order valence-electron chi connectivity index (χ4n) is 3.54. The molecule has 0 bridgehead atoms. The van der Waals surface area contributed by atoms with Gasteiger partial charge in [-0.25, -0.2) is 0 Å². The van der Waals surface area contributed by atoms with Crippen molar-refractivity contribution in [3.8, 4) is 0 Å². The summed E-state index contributed by atoms with van der Waals surface area (Å²) in [4.78, 5) is 2.80. The van der Waals surface area contributed by atoms with Gasteiger partial charge in [0.2, 0.25) is 0 Å². The highest BCUT2D eigenvalue weighted by Crippen LogP contribution is 2.31. The summed E-state index contributed by atoms with van der Waals surface area (Å²) in [5.74, 6) is 1.78. The minimum absolute atomic E-state index is 0.750. The molecule has 2 fully saturated rings. The van der Waals surface area contributed by atoms with Crippen LogP contribution in [0, 0.1) is 11.8 Å². The van der Waals surface area contributed by atoms with Gasteiger partial charge in [0.25, 0.3) is 0 Å². The van der Waals surface area contributed by atoms with Crippen molar-refractivity contribution in [2.24, 2.45) is 11.8 Å². The van der Waals surface area contributed by atoms with E-state index in [-0.39, 0.29) is 0 Å². The quantitative estimate of drug-likeness (QED) is 0.685. The molecule has 0 aromatic heterocycles. The zero-order valence-corrected chi connectivity index (χ0v) is 13.3. The lowest BCUT2D eigenvalue weighted by molar-refractivity contribution is 0.193. The molecule has 2 aliphatic rings. The molecule has 0 saturated heterocycles. The molecule has 1 unspecified atom stereocenters. The predicted octanol–water partition coefficient (Wildman–Crippen LogP) is 3.67. The fourth-order valence-corrected chi connectivity index (χ4v) is 3.54. The van der Waals surface area contributed by atoms with Gasteiger partial charge in [0.1, 0.15) is 0 Å². The van der Waals surface area contributed by atoms with Crippen molar-refractivity contribution in [3.63, 3.8) is 0 Å². The summed E-state index contributed by atoms with van der Waals surface area (Å²) >= 11 is 0. The molecule has 0 amide bonds. The second-order valence-corrected chi connectivity index (χ2v) is 7.12. The van der Waals surface area contributed by atoms with Crippen LogP contribution in [-0.4, -0.2) is 36.6 Å². The summed E-state index contributed by atoms with van der Waals surface area (Å²) in [6, 6.07) is 1.67. The number of likely N-dealkylation sites (N-methyl/N-ethyl adjacent to an activating group) is 1. The van der Waals surface area contributed by atoms with E-state index in [1.807, 2.05) is 0 Å². The molecular formula is C17H34N2. The molecule has 19 heavy (non-hydrogen) atoms. The summed E-state index contributed by atoms with van der Waals surface area (Å²) in [7, 11) is 0. The highest BCUT2D eigenvalue weighted by Gasteiger charge is 2.33. The van der Waals surface area contributed by atoms with Gasteiger partial charge in [-0.15, -0.1) is 0 Å². The van der Waals surface area contributed by atoms with Crippen LogP contribution in [-0.2, 0) is 0 Å². The Balaban J connectivity index is 1.84. The van der Waals surface area contributed by atoms with Crippen molar-refractivity contribution in [3.05, 3.63) is 0 Å². The zero-order chi connectivity index (χ0) is 13.7. The van der Waals surface area contributed by atoms with Crippen molar-refractivity contribution >= 4 is 0 Å². The van der Waals surface area contributed by atoms with Crippen LogP contribution in [0.1, 0.15) is 65.7 Å². The number of nitrogens with zero attached hydrogens (tertiary/aromatic N) is 1. The monoisotopic (exact) mass is 266 g/mol. The lowest BCUT2D eigenvalue weighted by Crippen LogP contribution is -2.46. The molecule has 112 valence electrons. The first-order chi connectivity index (χ1) is 9.20. The van der Waals surface area contributed by atoms with E-state index in [1.54, 1.807) is 0 Å². The maximum atomic E-state index is 3.78. The molecule has 2 nitrogen and oxygen atoms in total. The lowest BCUT2D eigenvalue weighted by Gasteiger charge is -2.32. The Hall–Kier alpha value is -0.0800. The van der Waals surface area contributed by atoms with E-state index in [1.165, 1.54) is 58.0 Å².